The van der Waals surface area contributed by atoms with Gasteiger partial charge in [0.25, 0.3) is 5.56 Å². The molecule has 2 aromatic rings. The molecule has 10 heteroatoms. The number of nitrogens with zero attached hydrogens (tertiary/aromatic N) is 2. The van der Waals surface area contributed by atoms with Crippen molar-refractivity contribution >= 4 is 27.6 Å². The van der Waals surface area contributed by atoms with Gasteiger partial charge in [0.1, 0.15) is 10.8 Å². The number of aliphatic hydroxyl groups excluding tert-OH is 2. The Morgan fingerprint density at radius 1 is 1.52 bits per heavy atom. The summed E-state index contributed by atoms with van der Waals surface area (Å²) in [4.78, 5) is 30.1. The molecule has 25 heavy (non-hydrogen) atoms. The number of H-pyrrole nitrogens is 1. The number of thiazole rings is 1. The molecule has 1 aliphatic heterocycles. The van der Waals surface area contributed by atoms with E-state index in [0.29, 0.717) is 12.3 Å². The summed E-state index contributed by atoms with van der Waals surface area (Å²) >= 11 is 0.719. The molecule has 0 bridgehead atoms. The van der Waals surface area contributed by atoms with Crippen LogP contribution in [0.1, 0.15) is 39.3 Å². The van der Waals surface area contributed by atoms with Crippen LogP contribution >= 0.6 is 11.3 Å². The average molecular weight is 370 g/mol. The molecule has 3 rings (SSSR count). The standard InChI is InChI=1S/C15H22N4O5S/c1-3-6(2)4-7(20)9-5-8(21)13(24-9)19-11-10(25-15(19)23)12(22)18-14(16)17-11/h6-9,13,20-21H,3-5H2,1-2H3,(H3,16,17,18,22)/t6?,7?,8-,9+,13-/m1/s1. The van der Waals surface area contributed by atoms with Gasteiger partial charge in [0.05, 0.1) is 12.2 Å². The maximum atomic E-state index is 12.3. The number of aromatic amines is 1. The molecule has 1 saturated heterocycles. The van der Waals surface area contributed by atoms with E-state index in [4.69, 9.17) is 10.5 Å². The Labute approximate surface area is 147 Å². The predicted molar refractivity (Wildman–Crippen MR) is 93.5 cm³/mol. The third kappa shape index (κ3) is 3.34. The van der Waals surface area contributed by atoms with Gasteiger partial charge in [0, 0.05) is 6.42 Å². The lowest BCUT2D eigenvalue weighted by atomic mass is 9.96. The minimum atomic E-state index is -1.01. The van der Waals surface area contributed by atoms with E-state index in [-0.39, 0.29) is 22.7 Å². The molecule has 3 heterocycles. The molecule has 0 amide bonds. The van der Waals surface area contributed by atoms with Crippen LogP contribution in [0.3, 0.4) is 0 Å². The first-order chi connectivity index (χ1) is 11.8. The van der Waals surface area contributed by atoms with Crippen LogP contribution < -0.4 is 16.2 Å². The molecule has 5 atom stereocenters. The highest BCUT2D eigenvalue weighted by Crippen LogP contribution is 2.33. The summed E-state index contributed by atoms with van der Waals surface area (Å²) in [6.07, 6.45) is -1.65. The topological polar surface area (TPSA) is 143 Å². The number of nitrogens with two attached hydrogens (primary N) is 1. The minimum Gasteiger partial charge on any atom is -0.390 e. The molecule has 5 N–H and O–H groups in total. The molecule has 138 valence electrons. The third-order valence-corrected chi connectivity index (χ3v) is 5.58. The Balaban J connectivity index is 1.93. The van der Waals surface area contributed by atoms with Crippen molar-refractivity contribution in [2.45, 2.75) is 57.6 Å². The van der Waals surface area contributed by atoms with Crippen molar-refractivity contribution in [3.05, 3.63) is 20.0 Å². The van der Waals surface area contributed by atoms with Crippen molar-refractivity contribution in [3.8, 4) is 0 Å². The van der Waals surface area contributed by atoms with Gasteiger partial charge in [-0.05, 0) is 12.3 Å². The van der Waals surface area contributed by atoms with Crippen molar-refractivity contribution in [3.63, 3.8) is 0 Å². The molecule has 1 aliphatic rings. The smallest absolute Gasteiger partial charge is 0.311 e. The number of fused-ring (bicyclic) bond motifs is 1. The summed E-state index contributed by atoms with van der Waals surface area (Å²) < 4.78 is 7.04. The van der Waals surface area contributed by atoms with Crippen LogP contribution in [0.25, 0.3) is 10.3 Å². The zero-order valence-electron chi connectivity index (χ0n) is 14.0. The highest BCUT2D eigenvalue weighted by atomic mass is 32.1. The monoisotopic (exact) mass is 370 g/mol. The Morgan fingerprint density at radius 3 is 2.92 bits per heavy atom. The predicted octanol–water partition coefficient (Wildman–Crippen LogP) is 0.174. The van der Waals surface area contributed by atoms with E-state index in [1.807, 2.05) is 13.8 Å². The second-order valence-corrected chi connectivity index (χ2v) is 7.49. The molecule has 0 aromatic carbocycles. The summed E-state index contributed by atoms with van der Waals surface area (Å²) in [7, 11) is 0. The highest BCUT2D eigenvalue weighted by Gasteiger charge is 2.40. The van der Waals surface area contributed by atoms with E-state index in [1.54, 1.807) is 0 Å². The van der Waals surface area contributed by atoms with Gasteiger partial charge in [-0.15, -0.1) is 0 Å². The molecule has 1 fully saturated rings. The van der Waals surface area contributed by atoms with Gasteiger partial charge in [-0.25, -0.2) is 0 Å². The number of ether oxygens (including phenoxy) is 1. The summed E-state index contributed by atoms with van der Waals surface area (Å²) in [5, 5.41) is 20.7. The fraction of sp³-hybridized carbons (Fsp3) is 0.667. The lowest BCUT2D eigenvalue weighted by Gasteiger charge is -2.21. The van der Waals surface area contributed by atoms with E-state index >= 15 is 0 Å². The number of anilines is 1. The molecular formula is C15H22N4O5S. The summed E-state index contributed by atoms with van der Waals surface area (Å²) in [6, 6.07) is 0. The molecular weight excluding hydrogens is 348 g/mol. The van der Waals surface area contributed by atoms with Crippen LogP contribution in [-0.4, -0.2) is 43.1 Å². The van der Waals surface area contributed by atoms with Gasteiger partial charge in [-0.1, -0.05) is 31.6 Å². The van der Waals surface area contributed by atoms with E-state index in [2.05, 4.69) is 9.97 Å². The zero-order chi connectivity index (χ0) is 18.3. The Hall–Kier alpha value is -1.75. The Kier molecular flexibility index (Phi) is 4.96. The molecule has 2 aromatic heterocycles. The van der Waals surface area contributed by atoms with Crippen molar-refractivity contribution < 1.29 is 14.9 Å². The van der Waals surface area contributed by atoms with E-state index < -0.39 is 35.0 Å². The van der Waals surface area contributed by atoms with Crippen LogP contribution in [0, 0.1) is 5.92 Å². The van der Waals surface area contributed by atoms with Crippen molar-refractivity contribution in [1.29, 1.82) is 0 Å². The second kappa shape index (κ2) is 6.87. The van der Waals surface area contributed by atoms with Crippen LogP contribution in [0.15, 0.2) is 9.59 Å². The largest absolute Gasteiger partial charge is 0.390 e. The summed E-state index contributed by atoms with van der Waals surface area (Å²) in [6.45, 7) is 4.07. The normalized spacial score (nSPS) is 26.2. The minimum absolute atomic E-state index is 0.0809. The maximum absolute atomic E-state index is 12.3. The van der Waals surface area contributed by atoms with Gasteiger partial charge in [-0.3, -0.25) is 19.1 Å². The van der Waals surface area contributed by atoms with Crippen LogP contribution in [-0.2, 0) is 4.74 Å². The molecule has 0 aliphatic carbocycles. The molecule has 0 radical (unpaired) electrons. The number of nitrogens with one attached hydrogen (secondary N) is 1. The molecule has 9 nitrogen and oxygen atoms in total. The van der Waals surface area contributed by atoms with Gasteiger partial charge in [0.15, 0.2) is 11.9 Å². The first kappa shape index (κ1) is 18.1. The second-order valence-electron chi connectivity index (χ2n) is 6.53. The number of aliphatic hydroxyl groups is 2. The summed E-state index contributed by atoms with van der Waals surface area (Å²) in [5.41, 5.74) is 5.13. The van der Waals surface area contributed by atoms with Gasteiger partial charge in [0.2, 0.25) is 5.95 Å². The van der Waals surface area contributed by atoms with Gasteiger partial charge in [-0.2, -0.15) is 4.98 Å². The first-order valence-corrected chi connectivity index (χ1v) is 9.05. The van der Waals surface area contributed by atoms with Crippen LogP contribution in [0.2, 0.25) is 0 Å². The van der Waals surface area contributed by atoms with Crippen molar-refractivity contribution in [1.82, 2.24) is 14.5 Å². The van der Waals surface area contributed by atoms with E-state index in [1.165, 1.54) is 0 Å². The number of hydrogen-bond donors (Lipinski definition) is 4. The zero-order valence-corrected chi connectivity index (χ0v) is 14.8. The molecule has 2 unspecified atom stereocenters. The number of aromatic nitrogens is 3. The fourth-order valence-corrected chi connectivity index (χ4v) is 3.90. The van der Waals surface area contributed by atoms with Crippen LogP contribution in [0.5, 0.6) is 0 Å². The molecule has 0 saturated carbocycles. The summed E-state index contributed by atoms with van der Waals surface area (Å²) in [5.74, 6) is 0.199. The van der Waals surface area contributed by atoms with E-state index in [9.17, 15) is 19.8 Å². The number of nitrogen functional groups attached to an aromatic ring is 1. The van der Waals surface area contributed by atoms with Crippen molar-refractivity contribution in [2.24, 2.45) is 5.92 Å². The van der Waals surface area contributed by atoms with Gasteiger partial charge < -0.3 is 20.7 Å². The quantitative estimate of drug-likeness (QED) is 0.587. The third-order valence-electron chi connectivity index (χ3n) is 4.63. The van der Waals surface area contributed by atoms with Crippen LogP contribution in [0.4, 0.5) is 5.95 Å². The lowest BCUT2D eigenvalue weighted by Crippen LogP contribution is -2.29. The average Bonchev–Trinajstić information content (AvgIpc) is 3.07. The number of rotatable bonds is 5. The van der Waals surface area contributed by atoms with Crippen molar-refractivity contribution in [2.75, 3.05) is 5.73 Å². The molecule has 0 spiro atoms. The highest BCUT2D eigenvalue weighted by molar-refractivity contribution is 7.16. The maximum Gasteiger partial charge on any atom is 0.311 e. The Bertz CT molecular complexity index is 875. The lowest BCUT2D eigenvalue weighted by molar-refractivity contribution is -0.0791. The van der Waals surface area contributed by atoms with E-state index in [0.717, 1.165) is 22.3 Å². The SMILES string of the molecule is CCC(C)CC(O)[C@@H]1C[C@@H](O)[C@H](n2c(=O)sc3c(=O)[nH]c(N)nc32)O1. The Morgan fingerprint density at radius 2 is 2.24 bits per heavy atom. The first-order valence-electron chi connectivity index (χ1n) is 8.24. The fourth-order valence-electron chi connectivity index (χ4n) is 3.06. The van der Waals surface area contributed by atoms with Gasteiger partial charge >= 0.3 is 4.87 Å². The number of hydrogen-bond acceptors (Lipinski definition) is 8.